The summed E-state index contributed by atoms with van der Waals surface area (Å²) >= 11 is 0. The van der Waals surface area contributed by atoms with Gasteiger partial charge in [-0.15, -0.1) is 0 Å². The summed E-state index contributed by atoms with van der Waals surface area (Å²) in [6.07, 6.45) is 5.70. The molecule has 0 aliphatic carbocycles. The van der Waals surface area contributed by atoms with Gasteiger partial charge in [0.05, 0.1) is 5.41 Å². The van der Waals surface area contributed by atoms with Crippen molar-refractivity contribution < 1.29 is 4.79 Å². The lowest BCUT2D eigenvalue weighted by Crippen LogP contribution is -2.48. The summed E-state index contributed by atoms with van der Waals surface area (Å²) in [6.45, 7) is 9.27. The molecule has 0 aromatic heterocycles. The van der Waals surface area contributed by atoms with Crippen LogP contribution in [-0.4, -0.2) is 25.5 Å². The van der Waals surface area contributed by atoms with E-state index in [1.165, 1.54) is 12.8 Å². The molecule has 1 aliphatic heterocycles. The van der Waals surface area contributed by atoms with Crippen molar-refractivity contribution in [1.29, 1.82) is 0 Å². The van der Waals surface area contributed by atoms with Gasteiger partial charge in [-0.05, 0) is 38.6 Å². The molecule has 3 nitrogen and oxygen atoms in total. The van der Waals surface area contributed by atoms with Crippen molar-refractivity contribution >= 4 is 5.91 Å². The van der Waals surface area contributed by atoms with Crippen LogP contribution in [0.15, 0.2) is 0 Å². The highest BCUT2D eigenvalue weighted by atomic mass is 16.2. The Morgan fingerprint density at radius 2 is 2.18 bits per heavy atom. The molecule has 3 heteroatoms. The molecule has 100 valence electrons. The van der Waals surface area contributed by atoms with Crippen LogP contribution in [0, 0.1) is 11.3 Å². The van der Waals surface area contributed by atoms with Crippen molar-refractivity contribution in [3.63, 3.8) is 0 Å². The first-order chi connectivity index (χ1) is 8.04. The fourth-order valence-corrected chi connectivity index (χ4v) is 2.34. The summed E-state index contributed by atoms with van der Waals surface area (Å²) in [5.41, 5.74) is -0.184. The van der Waals surface area contributed by atoms with Gasteiger partial charge >= 0.3 is 0 Å². The minimum atomic E-state index is -0.184. The van der Waals surface area contributed by atoms with Gasteiger partial charge < -0.3 is 10.6 Å². The maximum absolute atomic E-state index is 12.1. The third-order valence-electron chi connectivity index (χ3n) is 3.64. The Labute approximate surface area is 106 Å². The second-order valence-corrected chi connectivity index (χ2v) is 5.99. The highest BCUT2D eigenvalue weighted by Crippen LogP contribution is 2.25. The highest BCUT2D eigenvalue weighted by Gasteiger charge is 2.34. The number of hydrogen-bond donors (Lipinski definition) is 2. The summed E-state index contributed by atoms with van der Waals surface area (Å²) in [7, 11) is 0. The van der Waals surface area contributed by atoms with E-state index in [0.29, 0.717) is 0 Å². The van der Waals surface area contributed by atoms with E-state index in [2.05, 4.69) is 31.4 Å². The minimum Gasteiger partial charge on any atom is -0.356 e. The van der Waals surface area contributed by atoms with Gasteiger partial charge in [0.25, 0.3) is 0 Å². The van der Waals surface area contributed by atoms with E-state index in [4.69, 9.17) is 0 Å². The topological polar surface area (TPSA) is 41.1 Å². The molecular formula is C14H28N2O. The number of carbonyl (C=O) groups excluding carboxylic acids is 1. The third kappa shape index (κ3) is 5.07. The first-order valence-corrected chi connectivity index (χ1v) is 7.03. The number of piperidine rings is 1. The van der Waals surface area contributed by atoms with E-state index in [0.717, 1.165) is 44.8 Å². The van der Waals surface area contributed by atoms with Crippen LogP contribution in [-0.2, 0) is 4.79 Å². The third-order valence-corrected chi connectivity index (χ3v) is 3.64. The lowest BCUT2D eigenvalue weighted by molar-refractivity contribution is -0.131. The van der Waals surface area contributed by atoms with Crippen LogP contribution in [0.5, 0.6) is 0 Å². The van der Waals surface area contributed by atoms with Crippen LogP contribution in [0.25, 0.3) is 0 Å². The van der Waals surface area contributed by atoms with Crippen molar-refractivity contribution in [1.82, 2.24) is 10.6 Å². The zero-order valence-corrected chi connectivity index (χ0v) is 11.6. The molecule has 1 atom stereocenters. The second-order valence-electron chi connectivity index (χ2n) is 5.99. The maximum Gasteiger partial charge on any atom is 0.227 e. The van der Waals surface area contributed by atoms with E-state index in [9.17, 15) is 4.79 Å². The summed E-state index contributed by atoms with van der Waals surface area (Å²) in [4.78, 5) is 12.1. The maximum atomic E-state index is 12.1. The SMILES string of the molecule is CC(C)CCCCNC(=O)C1(C)CCCNC1. The van der Waals surface area contributed by atoms with Crippen LogP contribution in [0.1, 0.15) is 52.9 Å². The molecule has 2 N–H and O–H groups in total. The van der Waals surface area contributed by atoms with Gasteiger partial charge in [-0.2, -0.15) is 0 Å². The molecule has 1 heterocycles. The van der Waals surface area contributed by atoms with E-state index in [1.807, 2.05) is 0 Å². The Kier molecular flexibility index (Phi) is 5.96. The molecule has 1 unspecified atom stereocenters. The average molecular weight is 240 g/mol. The van der Waals surface area contributed by atoms with Crippen molar-refractivity contribution in [3.8, 4) is 0 Å². The predicted molar refractivity (Wildman–Crippen MR) is 71.9 cm³/mol. The standard InChI is InChI=1S/C14H28N2O/c1-12(2)7-4-5-10-16-13(17)14(3)8-6-9-15-11-14/h12,15H,4-11H2,1-3H3,(H,16,17). The molecule has 0 saturated carbocycles. The van der Waals surface area contributed by atoms with Gasteiger partial charge in [0.2, 0.25) is 5.91 Å². The first kappa shape index (κ1) is 14.5. The number of nitrogens with one attached hydrogen (secondary N) is 2. The van der Waals surface area contributed by atoms with E-state index in [1.54, 1.807) is 0 Å². The van der Waals surface area contributed by atoms with Gasteiger partial charge in [-0.25, -0.2) is 0 Å². The molecule has 1 fully saturated rings. The largest absolute Gasteiger partial charge is 0.356 e. The summed E-state index contributed by atoms with van der Waals surface area (Å²) < 4.78 is 0. The summed E-state index contributed by atoms with van der Waals surface area (Å²) in [5.74, 6) is 1.00. The smallest absolute Gasteiger partial charge is 0.227 e. The molecule has 0 spiro atoms. The Morgan fingerprint density at radius 1 is 1.41 bits per heavy atom. The van der Waals surface area contributed by atoms with Crippen molar-refractivity contribution in [2.24, 2.45) is 11.3 Å². The van der Waals surface area contributed by atoms with E-state index >= 15 is 0 Å². The Morgan fingerprint density at radius 3 is 2.76 bits per heavy atom. The van der Waals surface area contributed by atoms with E-state index in [-0.39, 0.29) is 11.3 Å². The number of hydrogen-bond acceptors (Lipinski definition) is 2. The van der Waals surface area contributed by atoms with Gasteiger partial charge in [0.15, 0.2) is 0 Å². The zero-order chi connectivity index (χ0) is 12.7. The predicted octanol–water partition coefficient (Wildman–Crippen LogP) is 2.32. The van der Waals surface area contributed by atoms with Crippen molar-refractivity contribution in [2.75, 3.05) is 19.6 Å². The monoisotopic (exact) mass is 240 g/mol. The van der Waals surface area contributed by atoms with E-state index < -0.39 is 0 Å². The molecular weight excluding hydrogens is 212 g/mol. The van der Waals surface area contributed by atoms with Crippen molar-refractivity contribution in [2.45, 2.75) is 52.9 Å². The molecule has 0 radical (unpaired) electrons. The number of carbonyl (C=O) groups is 1. The van der Waals surface area contributed by atoms with Crippen LogP contribution in [0.4, 0.5) is 0 Å². The quantitative estimate of drug-likeness (QED) is 0.700. The van der Waals surface area contributed by atoms with Crippen LogP contribution in [0.2, 0.25) is 0 Å². The lowest BCUT2D eigenvalue weighted by atomic mass is 9.82. The Balaban J connectivity index is 2.15. The number of amides is 1. The molecule has 0 aromatic rings. The molecule has 1 aliphatic rings. The zero-order valence-electron chi connectivity index (χ0n) is 11.6. The number of rotatable bonds is 6. The van der Waals surface area contributed by atoms with Gasteiger partial charge in [0.1, 0.15) is 0 Å². The fraction of sp³-hybridized carbons (Fsp3) is 0.929. The first-order valence-electron chi connectivity index (χ1n) is 7.03. The Bertz CT molecular complexity index is 232. The normalized spacial score (nSPS) is 24.9. The highest BCUT2D eigenvalue weighted by molar-refractivity contribution is 5.82. The number of unbranched alkanes of at least 4 members (excludes halogenated alkanes) is 1. The van der Waals surface area contributed by atoms with Crippen LogP contribution < -0.4 is 10.6 Å². The minimum absolute atomic E-state index is 0.184. The van der Waals surface area contributed by atoms with Gasteiger partial charge in [-0.1, -0.05) is 26.7 Å². The Hall–Kier alpha value is -0.570. The van der Waals surface area contributed by atoms with Crippen LogP contribution >= 0.6 is 0 Å². The average Bonchev–Trinajstić information content (AvgIpc) is 2.29. The summed E-state index contributed by atoms with van der Waals surface area (Å²) in [5, 5.41) is 6.40. The molecule has 0 aromatic carbocycles. The second kappa shape index (κ2) is 7.00. The van der Waals surface area contributed by atoms with Crippen molar-refractivity contribution in [3.05, 3.63) is 0 Å². The molecule has 1 amide bonds. The molecule has 17 heavy (non-hydrogen) atoms. The molecule has 0 bridgehead atoms. The lowest BCUT2D eigenvalue weighted by Gasteiger charge is -2.32. The van der Waals surface area contributed by atoms with Gasteiger partial charge in [-0.3, -0.25) is 4.79 Å². The summed E-state index contributed by atoms with van der Waals surface area (Å²) in [6, 6.07) is 0. The van der Waals surface area contributed by atoms with Gasteiger partial charge in [0, 0.05) is 13.1 Å². The molecule has 1 rings (SSSR count). The fourth-order valence-electron chi connectivity index (χ4n) is 2.34. The van der Waals surface area contributed by atoms with Crippen LogP contribution in [0.3, 0.4) is 0 Å². The molecule has 1 saturated heterocycles.